The predicted octanol–water partition coefficient (Wildman–Crippen LogP) is 3.87. The minimum Gasteiger partial charge on any atom is -0.662 e. The van der Waals surface area contributed by atoms with E-state index in [2.05, 4.69) is 92.9 Å². The first-order valence-electron chi connectivity index (χ1n) is 17.7. The summed E-state index contributed by atoms with van der Waals surface area (Å²) in [6.45, 7) is 1.25. The molecule has 0 saturated heterocycles. The number of Topliss-reactive ketones (excluding diaryl/α,β-unsaturated/α-hetero) is 2. The molecule has 21 heteroatoms. The molecule has 2 aromatic carbocycles. The van der Waals surface area contributed by atoms with Crippen molar-refractivity contribution < 1.29 is 77.9 Å². The molecule has 1 N–H and O–H groups in total. The summed E-state index contributed by atoms with van der Waals surface area (Å²) in [6, 6.07) is 18.3. The topological polar surface area (TPSA) is 227 Å². The summed E-state index contributed by atoms with van der Waals surface area (Å²) >= 11 is 19.5. The van der Waals surface area contributed by atoms with Gasteiger partial charge in [0.1, 0.15) is 11.7 Å². The number of carbonyl (C=O) groups excluding carboxylic acids is 6. The standard InChI is InChI=1S/C19H17Br2ClN2O4.C19H16Br2N2O3.C2H3N.CH2O3.Na/c1-28-18(26)6-5-15(24-22)17(25)9-11-8-13(20)14(21)10-12(11)19(27)16-4-2-3-7-23-16;1-26-18(25)6-5-15-17(24)9-11-8-13(20)14(21)10-12(11)19(23-15)16-4-2-3-7-22-16;1-2-3;2-1-4-3;/h2-4,7-8,10,15,24H,5-6,9H2,1H3;2-4,7-8,10,15H,5-6,9H2,1H3;1H3;1,3H;/q;;;;+1/p-1/t2*15-;;;/m10.../s1. The normalized spacial score (nSPS) is 12.7. The molecule has 0 unspecified atom stereocenters. The van der Waals surface area contributed by atoms with E-state index in [1.807, 2.05) is 30.3 Å². The summed E-state index contributed by atoms with van der Waals surface area (Å²) < 4.78 is 12.4. The van der Waals surface area contributed by atoms with E-state index in [4.69, 9.17) is 32.1 Å². The minimum absolute atomic E-state index is 0. The van der Waals surface area contributed by atoms with Gasteiger partial charge in [-0.2, -0.15) is 5.26 Å². The third-order valence-electron chi connectivity index (χ3n) is 8.26. The second-order valence-corrected chi connectivity index (χ2v) is 15.8. The molecule has 62 heavy (non-hydrogen) atoms. The fourth-order valence-corrected chi connectivity index (χ4v) is 7.08. The van der Waals surface area contributed by atoms with Crippen LogP contribution in [0.15, 0.2) is 95.9 Å². The summed E-state index contributed by atoms with van der Waals surface area (Å²) in [6.07, 6.45) is 4.16. The first kappa shape index (κ1) is 56.5. The first-order chi connectivity index (χ1) is 29.2. The summed E-state index contributed by atoms with van der Waals surface area (Å²) in [7, 11) is 2.62. The maximum atomic E-state index is 12.9. The molecular formula is C41H37Br4ClN5NaO10. The van der Waals surface area contributed by atoms with Crippen LogP contribution in [0.5, 0.6) is 0 Å². The Labute approximate surface area is 418 Å². The van der Waals surface area contributed by atoms with E-state index in [9.17, 15) is 24.0 Å². The van der Waals surface area contributed by atoms with E-state index in [-0.39, 0.29) is 97.1 Å². The van der Waals surface area contributed by atoms with Gasteiger partial charge in [0.15, 0.2) is 11.6 Å². The van der Waals surface area contributed by atoms with Crippen LogP contribution < -0.4 is 39.7 Å². The van der Waals surface area contributed by atoms with Crippen molar-refractivity contribution in [3.05, 3.63) is 125 Å². The van der Waals surface area contributed by atoms with Gasteiger partial charge in [0.2, 0.25) is 5.78 Å². The second-order valence-electron chi connectivity index (χ2n) is 12.2. The third-order valence-corrected chi connectivity index (χ3v) is 12.2. The molecule has 2 atom stereocenters. The monoisotopic (exact) mass is 1130 g/mol. The van der Waals surface area contributed by atoms with Crippen molar-refractivity contribution in [3.8, 4) is 6.07 Å². The molecule has 15 nitrogen and oxygen atoms in total. The SMILES string of the molecule is CC#N.COC(=O)CC[C@@H](NCl)C(=O)Cc1cc(Br)c(Br)cc1C(=O)c1ccccn1.COC(=O)CC[C@@H]1N=C(c2ccccn2)c2cc(Br)c(Br)cc2CC1=O.O=CO[O-].[Na+]. The Hall–Kier alpha value is -3.55. The van der Waals surface area contributed by atoms with E-state index in [1.165, 1.54) is 27.3 Å². The molecule has 0 bridgehead atoms. The number of nitrogens with zero attached hydrogens (tertiary/aromatic N) is 4. The predicted molar refractivity (Wildman–Crippen MR) is 236 cm³/mol. The Morgan fingerprint density at radius 1 is 0.935 bits per heavy atom. The van der Waals surface area contributed by atoms with Gasteiger partial charge >= 0.3 is 41.5 Å². The molecule has 0 saturated carbocycles. The van der Waals surface area contributed by atoms with Crippen LogP contribution in [-0.4, -0.2) is 77.7 Å². The van der Waals surface area contributed by atoms with Crippen LogP contribution in [0.25, 0.3) is 0 Å². The van der Waals surface area contributed by atoms with Gasteiger partial charge in [-0.05, 0) is 148 Å². The maximum absolute atomic E-state index is 12.9. The number of ether oxygens (including phenoxy) is 2. The van der Waals surface area contributed by atoms with Gasteiger partial charge in [-0.15, -0.1) is 0 Å². The molecule has 0 aliphatic carbocycles. The van der Waals surface area contributed by atoms with Crippen molar-refractivity contribution in [3.63, 3.8) is 0 Å². The number of esters is 2. The number of nitriles is 1. The van der Waals surface area contributed by atoms with E-state index in [0.29, 0.717) is 37.9 Å². The molecule has 1 aliphatic heterocycles. The number of hydrogen-bond acceptors (Lipinski definition) is 15. The van der Waals surface area contributed by atoms with Gasteiger partial charge in [0.05, 0.1) is 37.7 Å². The maximum Gasteiger partial charge on any atom is 1.00 e. The molecule has 4 aromatic rings. The molecule has 5 rings (SSSR count). The molecule has 0 radical (unpaired) electrons. The van der Waals surface area contributed by atoms with Crippen molar-refractivity contribution in [1.82, 2.24) is 14.8 Å². The Bertz CT molecular complexity index is 2240. The van der Waals surface area contributed by atoms with Crippen molar-refractivity contribution in [2.75, 3.05) is 14.2 Å². The summed E-state index contributed by atoms with van der Waals surface area (Å²) in [5.41, 5.74) is 4.29. The smallest absolute Gasteiger partial charge is 0.662 e. The zero-order valence-corrected chi connectivity index (χ0v) is 42.8. The number of pyridine rings is 2. The zero-order valence-electron chi connectivity index (χ0n) is 33.7. The van der Waals surface area contributed by atoms with Crippen LogP contribution in [0.1, 0.15) is 71.0 Å². The molecule has 322 valence electrons. The van der Waals surface area contributed by atoms with Crippen molar-refractivity contribution >= 4 is 117 Å². The van der Waals surface area contributed by atoms with Gasteiger partial charge in [0, 0.05) is 74.0 Å². The van der Waals surface area contributed by atoms with Crippen LogP contribution in [0.2, 0.25) is 0 Å². The van der Waals surface area contributed by atoms with Crippen LogP contribution in [0.3, 0.4) is 0 Å². The molecule has 2 aromatic heterocycles. The van der Waals surface area contributed by atoms with E-state index in [0.717, 1.165) is 20.1 Å². The number of carbonyl (C=O) groups is 6. The number of benzene rings is 2. The number of methoxy groups -OCH3 is 2. The molecule has 0 amide bonds. The van der Waals surface area contributed by atoms with E-state index < -0.39 is 18.1 Å². The molecule has 0 spiro atoms. The van der Waals surface area contributed by atoms with Gasteiger partial charge in [0.25, 0.3) is 6.47 Å². The average Bonchev–Trinajstić information content (AvgIpc) is 3.40. The number of aliphatic imine (C=N–C) groups is 1. The minimum atomic E-state index is -0.749. The van der Waals surface area contributed by atoms with Crippen LogP contribution in [-0.2, 0) is 51.2 Å². The van der Waals surface area contributed by atoms with Gasteiger partial charge in [-0.1, -0.05) is 12.1 Å². The first-order valence-corrected chi connectivity index (χ1v) is 21.2. The fraction of sp³-hybridized carbons (Fsp3) is 0.268. The number of halogens is 5. The van der Waals surface area contributed by atoms with E-state index in [1.54, 1.807) is 42.6 Å². The number of fused-ring (bicyclic) bond motifs is 1. The van der Waals surface area contributed by atoms with Crippen molar-refractivity contribution in [2.45, 2.75) is 57.5 Å². The number of rotatable bonds is 14. The summed E-state index contributed by atoms with van der Waals surface area (Å²) in [5, 5.41) is 15.8. The number of nitrogens with one attached hydrogen (secondary N) is 1. The third kappa shape index (κ3) is 18.3. The Morgan fingerprint density at radius 2 is 1.50 bits per heavy atom. The van der Waals surface area contributed by atoms with Crippen LogP contribution in [0.4, 0.5) is 0 Å². The Kier molecular flexibility index (Phi) is 27.8. The van der Waals surface area contributed by atoms with E-state index >= 15 is 0 Å². The number of aromatic nitrogens is 2. The van der Waals surface area contributed by atoms with Crippen LogP contribution in [0, 0.1) is 11.3 Å². The quantitative estimate of drug-likeness (QED) is 0.0360. The zero-order chi connectivity index (χ0) is 45.5. The summed E-state index contributed by atoms with van der Waals surface area (Å²) in [5.74, 6) is -1.33. The molecule has 1 aliphatic rings. The Morgan fingerprint density at radius 3 is 2.05 bits per heavy atom. The molecular weight excluding hydrogens is 1100 g/mol. The molecule has 3 heterocycles. The van der Waals surface area contributed by atoms with Gasteiger partial charge < -0.3 is 19.6 Å². The number of ketones is 3. The van der Waals surface area contributed by atoms with Crippen molar-refractivity contribution in [2.24, 2.45) is 4.99 Å². The largest absolute Gasteiger partial charge is 1.00 e. The van der Waals surface area contributed by atoms with Crippen molar-refractivity contribution in [1.29, 1.82) is 5.26 Å². The average molecular weight is 1140 g/mol. The summed E-state index contributed by atoms with van der Waals surface area (Å²) in [4.78, 5) is 88.0. The fourth-order valence-electron chi connectivity index (χ4n) is 5.38. The van der Waals surface area contributed by atoms with Gasteiger partial charge in [-0.3, -0.25) is 43.7 Å². The van der Waals surface area contributed by atoms with Crippen LogP contribution >= 0.6 is 75.5 Å². The number of hydrogen-bond donors (Lipinski definition) is 1. The molecule has 0 fully saturated rings. The second kappa shape index (κ2) is 30.5. The van der Waals surface area contributed by atoms with Gasteiger partial charge in [-0.25, -0.2) is 4.84 Å². The Balaban J connectivity index is 0.000000532.